The number of rotatable bonds is 6. The Labute approximate surface area is 202 Å². The molecule has 7 heteroatoms. The first-order valence-electron chi connectivity index (χ1n) is 11.4. The van der Waals surface area contributed by atoms with Gasteiger partial charge in [-0.3, -0.25) is 9.59 Å². The summed E-state index contributed by atoms with van der Waals surface area (Å²) in [7, 11) is 0. The summed E-state index contributed by atoms with van der Waals surface area (Å²) in [5.41, 5.74) is 11.0. The highest BCUT2D eigenvalue weighted by molar-refractivity contribution is 7.18. The number of aryl methyl sites for hydroxylation is 1. The first-order valence-corrected chi connectivity index (χ1v) is 12.2. The summed E-state index contributed by atoms with van der Waals surface area (Å²) in [6.07, 6.45) is 1.13. The molecule has 0 saturated heterocycles. The van der Waals surface area contributed by atoms with E-state index in [9.17, 15) is 9.59 Å². The van der Waals surface area contributed by atoms with Crippen LogP contribution in [0.1, 0.15) is 32.1 Å². The van der Waals surface area contributed by atoms with Crippen LogP contribution in [0.5, 0.6) is 0 Å². The number of anilines is 1. The number of nitrogens with one attached hydrogen (secondary N) is 1. The van der Waals surface area contributed by atoms with Gasteiger partial charge in [-0.1, -0.05) is 42.5 Å². The predicted molar refractivity (Wildman–Crippen MR) is 136 cm³/mol. The minimum Gasteiger partial charge on any atom is -0.326 e. The molecule has 0 unspecified atom stereocenters. The molecule has 0 spiro atoms. The van der Waals surface area contributed by atoms with Gasteiger partial charge in [0.05, 0.1) is 15.2 Å². The maximum absolute atomic E-state index is 13.6. The maximum atomic E-state index is 13.6. The van der Waals surface area contributed by atoms with Gasteiger partial charge in [0.2, 0.25) is 5.91 Å². The predicted octanol–water partition coefficient (Wildman–Crippen LogP) is 4.31. The molecule has 172 valence electrons. The SMILES string of the molecule is Cc1nc2cc(NC(=O)[C@H](Cc3ccccc3)N3CCc4cc(CN)ccc4C3=O)ccc2s1. The van der Waals surface area contributed by atoms with Crippen molar-refractivity contribution in [3.63, 3.8) is 0 Å². The van der Waals surface area contributed by atoms with E-state index in [0.717, 1.165) is 31.9 Å². The number of carbonyl (C=O) groups excluding carboxylic acids is 2. The number of amides is 2. The molecule has 0 saturated carbocycles. The third kappa shape index (κ3) is 4.44. The van der Waals surface area contributed by atoms with Crippen LogP contribution in [0.15, 0.2) is 66.7 Å². The number of nitrogens with two attached hydrogens (primary N) is 1. The molecule has 0 aliphatic carbocycles. The van der Waals surface area contributed by atoms with Gasteiger partial charge in [0.15, 0.2) is 0 Å². The van der Waals surface area contributed by atoms with Crippen LogP contribution in [-0.2, 0) is 24.2 Å². The third-order valence-electron chi connectivity index (χ3n) is 6.23. The molecule has 3 aromatic carbocycles. The van der Waals surface area contributed by atoms with E-state index in [1.807, 2.05) is 73.7 Å². The number of thiazole rings is 1. The van der Waals surface area contributed by atoms with Gasteiger partial charge in [-0.2, -0.15) is 0 Å². The fraction of sp³-hybridized carbons (Fsp3) is 0.222. The highest BCUT2D eigenvalue weighted by Gasteiger charge is 2.34. The normalized spacial score (nSPS) is 14.2. The molecule has 2 heterocycles. The zero-order chi connectivity index (χ0) is 23.7. The monoisotopic (exact) mass is 470 g/mol. The van der Waals surface area contributed by atoms with Crippen LogP contribution in [0.25, 0.3) is 10.2 Å². The highest BCUT2D eigenvalue weighted by Crippen LogP contribution is 2.27. The molecule has 1 aliphatic heterocycles. The van der Waals surface area contributed by atoms with Crippen LogP contribution in [-0.4, -0.2) is 34.3 Å². The zero-order valence-corrected chi connectivity index (χ0v) is 19.8. The van der Waals surface area contributed by atoms with E-state index < -0.39 is 6.04 Å². The van der Waals surface area contributed by atoms with E-state index in [-0.39, 0.29) is 11.8 Å². The summed E-state index contributed by atoms with van der Waals surface area (Å²) in [4.78, 5) is 33.3. The molecule has 1 aliphatic rings. The van der Waals surface area contributed by atoms with Crippen molar-refractivity contribution in [1.29, 1.82) is 0 Å². The van der Waals surface area contributed by atoms with Crippen LogP contribution >= 0.6 is 11.3 Å². The lowest BCUT2D eigenvalue weighted by Crippen LogP contribution is -2.51. The van der Waals surface area contributed by atoms with Gasteiger partial charge in [-0.15, -0.1) is 11.3 Å². The van der Waals surface area contributed by atoms with Crippen molar-refractivity contribution in [2.45, 2.75) is 32.4 Å². The lowest BCUT2D eigenvalue weighted by molar-refractivity contribution is -0.120. The Morgan fingerprint density at radius 3 is 2.74 bits per heavy atom. The molecule has 5 rings (SSSR count). The van der Waals surface area contributed by atoms with E-state index >= 15 is 0 Å². The first kappa shape index (κ1) is 22.3. The number of hydrogen-bond donors (Lipinski definition) is 2. The Balaban J connectivity index is 1.44. The van der Waals surface area contributed by atoms with Gasteiger partial charge in [-0.25, -0.2) is 4.98 Å². The molecule has 1 aromatic heterocycles. The molecule has 2 amide bonds. The summed E-state index contributed by atoms with van der Waals surface area (Å²) in [6.45, 7) is 2.89. The van der Waals surface area contributed by atoms with Gasteiger partial charge < -0.3 is 16.0 Å². The minimum absolute atomic E-state index is 0.119. The summed E-state index contributed by atoms with van der Waals surface area (Å²) >= 11 is 1.62. The average molecular weight is 471 g/mol. The first-order chi connectivity index (χ1) is 16.5. The molecular formula is C27H26N4O2S. The molecule has 0 bridgehead atoms. The molecule has 3 N–H and O–H groups in total. The Morgan fingerprint density at radius 2 is 1.94 bits per heavy atom. The van der Waals surface area contributed by atoms with Crippen molar-refractivity contribution < 1.29 is 9.59 Å². The van der Waals surface area contributed by atoms with E-state index in [0.29, 0.717) is 37.2 Å². The second-order valence-corrected chi connectivity index (χ2v) is 9.79. The van der Waals surface area contributed by atoms with E-state index in [1.165, 1.54) is 0 Å². The molecule has 34 heavy (non-hydrogen) atoms. The fourth-order valence-corrected chi connectivity index (χ4v) is 5.32. The summed E-state index contributed by atoms with van der Waals surface area (Å²) in [6, 6.07) is 20.7. The lowest BCUT2D eigenvalue weighted by Gasteiger charge is -2.35. The summed E-state index contributed by atoms with van der Waals surface area (Å²) in [5.74, 6) is -0.322. The minimum atomic E-state index is -0.634. The number of nitrogens with zero attached hydrogens (tertiary/aromatic N) is 2. The third-order valence-corrected chi connectivity index (χ3v) is 7.18. The molecule has 0 radical (unpaired) electrons. The van der Waals surface area contributed by atoms with E-state index in [4.69, 9.17) is 5.73 Å². The van der Waals surface area contributed by atoms with Gasteiger partial charge >= 0.3 is 0 Å². The van der Waals surface area contributed by atoms with Crippen LogP contribution in [0.3, 0.4) is 0 Å². The van der Waals surface area contributed by atoms with Crippen molar-refractivity contribution >= 4 is 39.1 Å². The number of carbonyl (C=O) groups is 2. The van der Waals surface area contributed by atoms with Crippen molar-refractivity contribution in [2.24, 2.45) is 5.73 Å². The number of fused-ring (bicyclic) bond motifs is 2. The average Bonchev–Trinajstić information content (AvgIpc) is 3.22. The second-order valence-electron chi connectivity index (χ2n) is 8.55. The fourth-order valence-electron chi connectivity index (χ4n) is 4.51. The molecule has 6 nitrogen and oxygen atoms in total. The second kappa shape index (κ2) is 9.37. The highest BCUT2D eigenvalue weighted by atomic mass is 32.1. The summed E-state index contributed by atoms with van der Waals surface area (Å²) < 4.78 is 1.08. The van der Waals surface area contributed by atoms with Crippen LogP contribution < -0.4 is 11.1 Å². The maximum Gasteiger partial charge on any atom is 0.254 e. The standard InChI is InChI=1S/C27H26N4O2S/c1-17-29-23-15-21(8-10-25(23)34-17)30-26(32)24(14-18-5-3-2-4-6-18)31-12-11-20-13-19(16-28)7-9-22(20)27(31)33/h2-10,13,15,24H,11-12,14,16,28H2,1H3,(H,30,32)/t24-/m0/s1. The Kier molecular flexibility index (Phi) is 6.13. The van der Waals surface area contributed by atoms with Crippen molar-refractivity contribution in [3.05, 3.63) is 94.0 Å². The topological polar surface area (TPSA) is 88.3 Å². The summed E-state index contributed by atoms with van der Waals surface area (Å²) in [5, 5.41) is 4.02. The number of aromatic nitrogens is 1. The lowest BCUT2D eigenvalue weighted by atomic mass is 9.94. The Hall–Kier alpha value is -3.55. The van der Waals surface area contributed by atoms with Crippen LogP contribution in [0, 0.1) is 6.92 Å². The van der Waals surface area contributed by atoms with E-state index in [2.05, 4.69) is 10.3 Å². The molecule has 1 atom stereocenters. The van der Waals surface area contributed by atoms with Crippen LogP contribution in [0.2, 0.25) is 0 Å². The quantitative estimate of drug-likeness (QED) is 0.440. The Morgan fingerprint density at radius 1 is 1.12 bits per heavy atom. The van der Waals surface area contributed by atoms with Crippen molar-refractivity contribution in [3.8, 4) is 0 Å². The van der Waals surface area contributed by atoms with Gasteiger partial charge in [0.1, 0.15) is 6.04 Å². The van der Waals surface area contributed by atoms with Gasteiger partial charge in [-0.05, 0) is 54.3 Å². The van der Waals surface area contributed by atoms with Crippen molar-refractivity contribution in [1.82, 2.24) is 9.88 Å². The molecule has 0 fully saturated rings. The van der Waals surface area contributed by atoms with E-state index in [1.54, 1.807) is 16.2 Å². The zero-order valence-electron chi connectivity index (χ0n) is 19.0. The van der Waals surface area contributed by atoms with Crippen LogP contribution in [0.4, 0.5) is 5.69 Å². The number of benzene rings is 3. The smallest absolute Gasteiger partial charge is 0.254 e. The number of hydrogen-bond acceptors (Lipinski definition) is 5. The Bertz CT molecular complexity index is 1370. The molecular weight excluding hydrogens is 444 g/mol. The van der Waals surface area contributed by atoms with Crippen molar-refractivity contribution in [2.75, 3.05) is 11.9 Å². The largest absolute Gasteiger partial charge is 0.326 e. The molecule has 4 aromatic rings. The van der Waals surface area contributed by atoms with Gasteiger partial charge in [0, 0.05) is 30.8 Å². The van der Waals surface area contributed by atoms with Gasteiger partial charge in [0.25, 0.3) is 5.91 Å².